The minimum Gasteiger partial charge on any atom is -0.454 e. The summed E-state index contributed by atoms with van der Waals surface area (Å²) in [7, 11) is 0. The monoisotopic (exact) mass is 375 g/mol. The Kier molecular flexibility index (Phi) is 5.83. The van der Waals surface area contributed by atoms with Gasteiger partial charge in [-0.25, -0.2) is 0 Å². The first-order valence-electron chi connectivity index (χ1n) is 9.14. The van der Waals surface area contributed by atoms with Gasteiger partial charge >= 0.3 is 0 Å². The van der Waals surface area contributed by atoms with Crippen LogP contribution in [0.5, 0.6) is 11.5 Å². The van der Waals surface area contributed by atoms with E-state index in [2.05, 4.69) is 5.32 Å². The van der Waals surface area contributed by atoms with Gasteiger partial charge in [-0.15, -0.1) is 0 Å². The zero-order valence-electron chi connectivity index (χ0n) is 15.7. The number of hydrogen-bond donors (Lipinski definition) is 1. The van der Waals surface area contributed by atoms with Crippen molar-refractivity contribution >= 4 is 17.7 Å². The summed E-state index contributed by atoms with van der Waals surface area (Å²) in [5.74, 6) is 0.956. The molecule has 1 saturated heterocycles. The van der Waals surface area contributed by atoms with Gasteiger partial charge in [0.15, 0.2) is 11.5 Å². The van der Waals surface area contributed by atoms with Crippen molar-refractivity contribution in [2.24, 2.45) is 0 Å². The van der Waals surface area contributed by atoms with Gasteiger partial charge < -0.3 is 24.6 Å². The fraction of sp³-hybridized carbons (Fsp3) is 0.526. The third kappa shape index (κ3) is 4.69. The summed E-state index contributed by atoms with van der Waals surface area (Å²) < 4.78 is 10.7. The van der Waals surface area contributed by atoms with Crippen molar-refractivity contribution in [3.05, 3.63) is 23.8 Å². The summed E-state index contributed by atoms with van der Waals surface area (Å²) in [4.78, 5) is 39.8. The molecule has 1 N–H and O–H groups in total. The number of ether oxygens (including phenoxy) is 2. The summed E-state index contributed by atoms with van der Waals surface area (Å²) >= 11 is 0. The van der Waals surface area contributed by atoms with Gasteiger partial charge in [0.05, 0.1) is 0 Å². The van der Waals surface area contributed by atoms with Crippen molar-refractivity contribution in [3.63, 3.8) is 0 Å². The normalized spacial score (nSPS) is 17.3. The maximum atomic E-state index is 13.1. The summed E-state index contributed by atoms with van der Waals surface area (Å²) in [6, 6.07) is 4.86. The van der Waals surface area contributed by atoms with Crippen molar-refractivity contribution in [2.75, 3.05) is 33.0 Å². The van der Waals surface area contributed by atoms with E-state index < -0.39 is 6.04 Å². The average molecular weight is 375 g/mol. The maximum Gasteiger partial charge on any atom is 0.245 e. The number of benzene rings is 1. The molecule has 146 valence electrons. The molecule has 2 aliphatic rings. The Balaban J connectivity index is 1.71. The number of carbonyl (C=O) groups is 3. The molecule has 27 heavy (non-hydrogen) atoms. The van der Waals surface area contributed by atoms with Gasteiger partial charge in [-0.3, -0.25) is 14.4 Å². The summed E-state index contributed by atoms with van der Waals surface area (Å²) in [6.45, 7) is 5.32. The number of carbonyl (C=O) groups excluding carboxylic acids is 3. The zero-order chi connectivity index (χ0) is 19.4. The van der Waals surface area contributed by atoms with Crippen LogP contribution in [-0.2, 0) is 20.8 Å². The third-order valence-electron chi connectivity index (χ3n) is 4.81. The minimum atomic E-state index is -0.660. The summed E-state index contributed by atoms with van der Waals surface area (Å²) in [5.41, 5.74) is 0.881. The molecule has 8 heteroatoms. The van der Waals surface area contributed by atoms with E-state index in [9.17, 15) is 14.4 Å². The van der Waals surface area contributed by atoms with Crippen LogP contribution in [0, 0.1) is 0 Å². The fourth-order valence-corrected chi connectivity index (χ4v) is 3.42. The average Bonchev–Trinajstić information content (AvgIpc) is 2.94. The largest absolute Gasteiger partial charge is 0.454 e. The quantitative estimate of drug-likeness (QED) is 0.830. The third-order valence-corrected chi connectivity index (χ3v) is 4.81. The highest BCUT2D eigenvalue weighted by Gasteiger charge is 2.28. The first kappa shape index (κ1) is 19.0. The number of nitrogens with zero attached hydrogens (tertiary/aromatic N) is 2. The molecule has 0 bridgehead atoms. The molecule has 8 nitrogen and oxygen atoms in total. The topological polar surface area (TPSA) is 88.2 Å². The molecule has 0 radical (unpaired) electrons. The fourth-order valence-electron chi connectivity index (χ4n) is 3.42. The molecule has 0 aliphatic carbocycles. The Morgan fingerprint density at radius 2 is 1.74 bits per heavy atom. The second-order valence-corrected chi connectivity index (χ2v) is 6.83. The minimum absolute atomic E-state index is 0.0167. The lowest BCUT2D eigenvalue weighted by Gasteiger charge is -2.27. The number of rotatable bonds is 4. The van der Waals surface area contributed by atoms with E-state index in [-0.39, 0.29) is 24.5 Å². The molecular weight excluding hydrogens is 350 g/mol. The molecular formula is C19H25N3O5. The number of amides is 3. The molecule has 3 rings (SSSR count). The molecule has 0 saturated carbocycles. The van der Waals surface area contributed by atoms with Gasteiger partial charge in [-0.1, -0.05) is 6.07 Å². The van der Waals surface area contributed by atoms with Crippen LogP contribution in [0.15, 0.2) is 18.2 Å². The van der Waals surface area contributed by atoms with E-state index in [1.54, 1.807) is 9.80 Å². The van der Waals surface area contributed by atoms with Gasteiger partial charge in [0.1, 0.15) is 6.04 Å². The summed E-state index contributed by atoms with van der Waals surface area (Å²) in [6.07, 6.45) is 1.09. The van der Waals surface area contributed by atoms with Gasteiger partial charge in [0.25, 0.3) is 0 Å². The van der Waals surface area contributed by atoms with Crippen LogP contribution < -0.4 is 14.8 Å². The predicted molar refractivity (Wildman–Crippen MR) is 97.3 cm³/mol. The van der Waals surface area contributed by atoms with Gasteiger partial charge in [-0.2, -0.15) is 0 Å². The lowest BCUT2D eigenvalue weighted by atomic mass is 10.0. The molecule has 2 heterocycles. The van der Waals surface area contributed by atoms with Crippen LogP contribution in [0.3, 0.4) is 0 Å². The molecule has 0 aromatic heterocycles. The molecule has 2 aliphatic heterocycles. The van der Waals surface area contributed by atoms with E-state index in [1.165, 1.54) is 13.8 Å². The number of hydrogen-bond acceptors (Lipinski definition) is 5. The number of nitrogens with one attached hydrogen (secondary N) is 1. The first-order valence-corrected chi connectivity index (χ1v) is 9.14. The Morgan fingerprint density at radius 3 is 2.48 bits per heavy atom. The maximum absolute atomic E-state index is 13.1. The van der Waals surface area contributed by atoms with Crippen molar-refractivity contribution < 1.29 is 23.9 Å². The van der Waals surface area contributed by atoms with Crippen molar-refractivity contribution in [1.82, 2.24) is 15.1 Å². The Bertz CT molecular complexity index is 736. The highest BCUT2D eigenvalue weighted by Crippen LogP contribution is 2.32. The van der Waals surface area contributed by atoms with Crippen LogP contribution in [0.25, 0.3) is 0 Å². The highest BCUT2D eigenvalue weighted by molar-refractivity contribution is 5.87. The zero-order valence-corrected chi connectivity index (χ0v) is 15.7. The Morgan fingerprint density at radius 1 is 1.04 bits per heavy atom. The van der Waals surface area contributed by atoms with E-state index in [0.717, 1.165) is 12.0 Å². The lowest BCUT2D eigenvalue weighted by Crippen LogP contribution is -2.50. The van der Waals surface area contributed by atoms with Crippen LogP contribution in [0.2, 0.25) is 0 Å². The van der Waals surface area contributed by atoms with Crippen LogP contribution >= 0.6 is 0 Å². The predicted octanol–water partition coefficient (Wildman–Crippen LogP) is 0.543. The molecule has 1 aromatic carbocycles. The van der Waals surface area contributed by atoms with E-state index in [4.69, 9.17) is 9.47 Å². The van der Waals surface area contributed by atoms with Crippen LogP contribution in [0.1, 0.15) is 25.8 Å². The Hall–Kier alpha value is -2.77. The van der Waals surface area contributed by atoms with Gasteiger partial charge in [-0.05, 0) is 24.1 Å². The van der Waals surface area contributed by atoms with Crippen molar-refractivity contribution in [2.45, 2.75) is 32.7 Å². The second-order valence-electron chi connectivity index (χ2n) is 6.83. The lowest BCUT2D eigenvalue weighted by molar-refractivity contribution is -0.136. The smallest absolute Gasteiger partial charge is 0.245 e. The van der Waals surface area contributed by atoms with Gasteiger partial charge in [0.2, 0.25) is 24.5 Å². The molecule has 0 spiro atoms. The highest BCUT2D eigenvalue weighted by atomic mass is 16.7. The standard InChI is InChI=1S/C19H25N3O5/c1-13(23)20-16(10-15-4-5-17-18(11-15)27-12-26-17)19(25)22-7-3-6-21(8-9-22)14(2)24/h4-5,11,16H,3,6-10,12H2,1-2H3,(H,20,23). The van der Waals surface area contributed by atoms with E-state index >= 15 is 0 Å². The molecule has 1 fully saturated rings. The first-order chi connectivity index (χ1) is 12.9. The molecule has 1 aromatic rings. The number of fused-ring (bicyclic) bond motifs is 1. The van der Waals surface area contributed by atoms with Crippen molar-refractivity contribution in [1.29, 1.82) is 0 Å². The van der Waals surface area contributed by atoms with E-state index in [0.29, 0.717) is 44.1 Å². The molecule has 1 unspecified atom stereocenters. The Labute approximate surface area is 158 Å². The second kappa shape index (κ2) is 8.28. The van der Waals surface area contributed by atoms with Crippen molar-refractivity contribution in [3.8, 4) is 11.5 Å². The van der Waals surface area contributed by atoms with Crippen LogP contribution in [0.4, 0.5) is 0 Å². The van der Waals surface area contributed by atoms with Gasteiger partial charge in [0, 0.05) is 46.4 Å². The molecule has 1 atom stereocenters. The van der Waals surface area contributed by atoms with E-state index in [1.807, 2.05) is 18.2 Å². The van der Waals surface area contributed by atoms with Crippen LogP contribution in [-0.4, -0.2) is 66.5 Å². The molecule has 3 amide bonds. The summed E-state index contributed by atoms with van der Waals surface area (Å²) in [5, 5.41) is 2.76. The SMILES string of the molecule is CC(=O)NC(Cc1ccc2c(c1)OCO2)C(=O)N1CCCN(C(C)=O)CC1.